The molecular formula is C11H14NO2. The van der Waals surface area contributed by atoms with Gasteiger partial charge in [-0.1, -0.05) is 12.7 Å². The number of nitrogens with two attached hydrogens (primary N) is 1. The lowest BCUT2D eigenvalue weighted by Crippen LogP contribution is -2.06. The van der Waals surface area contributed by atoms with Gasteiger partial charge < -0.3 is 15.2 Å². The van der Waals surface area contributed by atoms with Crippen molar-refractivity contribution in [3.8, 4) is 11.5 Å². The van der Waals surface area contributed by atoms with E-state index in [-0.39, 0.29) is 6.04 Å². The second-order valence-electron chi connectivity index (χ2n) is 2.86. The zero-order valence-electron chi connectivity index (χ0n) is 8.36. The molecule has 0 fully saturated rings. The van der Waals surface area contributed by atoms with E-state index >= 15 is 0 Å². The van der Waals surface area contributed by atoms with Crippen molar-refractivity contribution in [2.75, 3.05) is 14.2 Å². The smallest absolute Gasteiger partial charge is 0.122 e. The maximum atomic E-state index is 5.75. The number of hydrogen-bond donors (Lipinski definition) is 1. The Bertz CT molecular complexity index is 301. The predicted octanol–water partition coefficient (Wildman–Crippen LogP) is 1.69. The van der Waals surface area contributed by atoms with Crippen LogP contribution in [0.4, 0.5) is 0 Å². The number of hydrogen-bond acceptors (Lipinski definition) is 3. The third-order valence-corrected chi connectivity index (χ3v) is 1.97. The highest BCUT2D eigenvalue weighted by molar-refractivity contribution is 5.40. The zero-order chi connectivity index (χ0) is 10.6. The van der Waals surface area contributed by atoms with Crippen molar-refractivity contribution >= 4 is 0 Å². The van der Waals surface area contributed by atoms with E-state index in [1.165, 1.54) is 6.08 Å². The van der Waals surface area contributed by atoms with Gasteiger partial charge in [0.05, 0.1) is 14.2 Å². The van der Waals surface area contributed by atoms with Crippen LogP contribution in [0.25, 0.3) is 0 Å². The molecule has 1 radical (unpaired) electrons. The van der Waals surface area contributed by atoms with E-state index in [9.17, 15) is 0 Å². The van der Waals surface area contributed by atoms with E-state index in [0.29, 0.717) is 11.5 Å². The second kappa shape index (κ2) is 4.67. The highest BCUT2D eigenvalue weighted by atomic mass is 16.5. The average molecular weight is 192 g/mol. The van der Waals surface area contributed by atoms with Crippen LogP contribution >= 0.6 is 0 Å². The third-order valence-electron chi connectivity index (χ3n) is 1.97. The molecule has 0 aliphatic rings. The maximum Gasteiger partial charge on any atom is 0.122 e. The van der Waals surface area contributed by atoms with Crippen LogP contribution in [0.1, 0.15) is 11.6 Å². The van der Waals surface area contributed by atoms with Crippen LogP contribution in [0.2, 0.25) is 0 Å². The summed E-state index contributed by atoms with van der Waals surface area (Å²) in [6, 6.07) is 5.14. The first-order valence-corrected chi connectivity index (χ1v) is 4.25. The summed E-state index contributed by atoms with van der Waals surface area (Å²) in [6.07, 6.45) is 1.42. The molecule has 1 aromatic carbocycles. The molecule has 3 nitrogen and oxygen atoms in total. The van der Waals surface area contributed by atoms with Crippen LogP contribution in [-0.2, 0) is 0 Å². The van der Waals surface area contributed by atoms with Gasteiger partial charge in [-0.25, -0.2) is 0 Å². The third kappa shape index (κ3) is 2.26. The van der Waals surface area contributed by atoms with Crippen LogP contribution in [0.5, 0.6) is 11.5 Å². The molecule has 1 unspecified atom stereocenters. The van der Waals surface area contributed by atoms with Crippen molar-refractivity contribution in [2.24, 2.45) is 5.73 Å². The standard InChI is InChI=1S/C11H14NO2/c1-4-11(12)8-5-9(13-2)7-10(6-8)14-3/h1,4-7,11H,12H2,2-3H3. The van der Waals surface area contributed by atoms with Crippen molar-refractivity contribution in [2.45, 2.75) is 6.04 Å². The van der Waals surface area contributed by atoms with Gasteiger partial charge in [-0.15, -0.1) is 0 Å². The minimum Gasteiger partial charge on any atom is -0.497 e. The summed E-state index contributed by atoms with van der Waals surface area (Å²) >= 11 is 0. The summed E-state index contributed by atoms with van der Waals surface area (Å²) in [7, 11) is 3.19. The lowest BCUT2D eigenvalue weighted by atomic mass is 10.1. The Balaban J connectivity index is 3.09. The van der Waals surface area contributed by atoms with Crippen molar-refractivity contribution in [3.63, 3.8) is 0 Å². The summed E-state index contributed by atoms with van der Waals surface area (Å²) in [5.74, 6) is 1.41. The summed E-state index contributed by atoms with van der Waals surface area (Å²) in [6.45, 7) is 5.36. The Morgan fingerprint density at radius 2 is 1.71 bits per heavy atom. The van der Waals surface area contributed by atoms with Crippen LogP contribution in [0.15, 0.2) is 24.3 Å². The topological polar surface area (TPSA) is 44.5 Å². The van der Waals surface area contributed by atoms with Gasteiger partial charge in [-0.3, -0.25) is 0 Å². The van der Waals surface area contributed by atoms with Gasteiger partial charge in [0.2, 0.25) is 0 Å². The van der Waals surface area contributed by atoms with E-state index in [1.807, 2.05) is 12.1 Å². The first-order chi connectivity index (χ1) is 6.71. The summed E-state index contributed by atoms with van der Waals surface area (Å²) in [5, 5.41) is 0. The lowest BCUT2D eigenvalue weighted by molar-refractivity contribution is 0.393. The van der Waals surface area contributed by atoms with E-state index < -0.39 is 0 Å². The Hall–Kier alpha value is -1.48. The molecular weight excluding hydrogens is 178 g/mol. The highest BCUT2D eigenvalue weighted by Crippen LogP contribution is 2.25. The van der Waals surface area contributed by atoms with Crippen molar-refractivity contribution < 1.29 is 9.47 Å². The molecule has 1 atom stereocenters. The van der Waals surface area contributed by atoms with E-state index in [2.05, 4.69) is 0 Å². The van der Waals surface area contributed by atoms with E-state index in [0.717, 1.165) is 5.56 Å². The molecule has 0 amide bonds. The van der Waals surface area contributed by atoms with Gasteiger partial charge in [-0.2, -0.15) is 0 Å². The molecule has 0 bridgehead atoms. The van der Waals surface area contributed by atoms with Crippen molar-refractivity contribution in [3.05, 3.63) is 36.4 Å². The Morgan fingerprint density at radius 3 is 2.07 bits per heavy atom. The first kappa shape index (κ1) is 10.6. The summed E-state index contributed by atoms with van der Waals surface area (Å²) in [5.41, 5.74) is 6.61. The van der Waals surface area contributed by atoms with Crippen LogP contribution in [-0.4, -0.2) is 14.2 Å². The minimum atomic E-state index is -0.306. The SMILES string of the molecule is [CH]=CC(N)c1cc(OC)cc(OC)c1. The fourth-order valence-corrected chi connectivity index (χ4v) is 1.13. The normalized spacial score (nSPS) is 11.9. The van der Waals surface area contributed by atoms with Gasteiger partial charge in [0.15, 0.2) is 0 Å². The molecule has 0 heterocycles. The quantitative estimate of drug-likeness (QED) is 0.789. The predicted molar refractivity (Wildman–Crippen MR) is 55.3 cm³/mol. The molecule has 0 aliphatic carbocycles. The summed E-state index contributed by atoms with van der Waals surface area (Å²) < 4.78 is 10.2. The Morgan fingerprint density at radius 1 is 1.21 bits per heavy atom. The maximum absolute atomic E-state index is 5.75. The largest absolute Gasteiger partial charge is 0.497 e. The molecule has 14 heavy (non-hydrogen) atoms. The van der Waals surface area contributed by atoms with E-state index in [4.69, 9.17) is 21.8 Å². The van der Waals surface area contributed by atoms with Gasteiger partial charge in [-0.05, 0) is 17.7 Å². The van der Waals surface area contributed by atoms with E-state index in [1.54, 1.807) is 20.3 Å². The Labute approximate surface area is 84.1 Å². The summed E-state index contributed by atoms with van der Waals surface area (Å²) in [4.78, 5) is 0. The molecule has 1 aromatic rings. The molecule has 3 heteroatoms. The molecule has 75 valence electrons. The van der Waals surface area contributed by atoms with Gasteiger partial charge in [0, 0.05) is 12.1 Å². The molecule has 0 aromatic heterocycles. The Kier molecular flexibility index (Phi) is 3.54. The first-order valence-electron chi connectivity index (χ1n) is 4.25. The van der Waals surface area contributed by atoms with Crippen molar-refractivity contribution in [1.29, 1.82) is 0 Å². The minimum absolute atomic E-state index is 0.306. The fourth-order valence-electron chi connectivity index (χ4n) is 1.13. The second-order valence-corrected chi connectivity index (χ2v) is 2.86. The molecule has 0 spiro atoms. The monoisotopic (exact) mass is 192 g/mol. The number of benzene rings is 1. The number of rotatable bonds is 4. The lowest BCUT2D eigenvalue weighted by Gasteiger charge is -2.11. The number of ether oxygens (including phenoxy) is 2. The van der Waals surface area contributed by atoms with Gasteiger partial charge in [0.25, 0.3) is 0 Å². The van der Waals surface area contributed by atoms with Gasteiger partial charge in [0.1, 0.15) is 11.5 Å². The zero-order valence-corrected chi connectivity index (χ0v) is 8.36. The number of methoxy groups -OCH3 is 2. The van der Waals surface area contributed by atoms with Crippen LogP contribution in [0.3, 0.4) is 0 Å². The van der Waals surface area contributed by atoms with Crippen molar-refractivity contribution in [1.82, 2.24) is 0 Å². The van der Waals surface area contributed by atoms with Gasteiger partial charge >= 0.3 is 0 Å². The molecule has 1 rings (SSSR count). The van der Waals surface area contributed by atoms with Crippen LogP contribution in [0, 0.1) is 6.58 Å². The average Bonchev–Trinajstić information content (AvgIpc) is 2.27. The molecule has 0 saturated carbocycles. The highest BCUT2D eigenvalue weighted by Gasteiger charge is 2.06. The molecule has 0 aliphatic heterocycles. The molecule has 2 N–H and O–H groups in total. The van der Waals surface area contributed by atoms with Crippen LogP contribution < -0.4 is 15.2 Å². The fraction of sp³-hybridized carbons (Fsp3) is 0.273. The molecule has 0 saturated heterocycles.